The molecule has 0 amide bonds. The lowest BCUT2D eigenvalue weighted by atomic mass is 9.85. The van der Waals surface area contributed by atoms with Crippen molar-refractivity contribution in [2.45, 2.75) is 19.4 Å². The molecule has 1 aromatic carbocycles. The van der Waals surface area contributed by atoms with E-state index in [2.05, 4.69) is 0 Å². The number of carbonyl (C=O) groups excluding carboxylic acids is 2. The molecular weight excluding hydrogens is 248 g/mol. The van der Waals surface area contributed by atoms with Gasteiger partial charge in [-0.3, -0.25) is 4.79 Å². The maximum atomic E-state index is 12.5. The number of carbonyl (C=O) groups is 2. The van der Waals surface area contributed by atoms with Crippen molar-refractivity contribution < 1.29 is 23.8 Å². The molecule has 102 valence electrons. The van der Waals surface area contributed by atoms with Crippen LogP contribution in [0.2, 0.25) is 0 Å². The van der Waals surface area contributed by atoms with Crippen LogP contribution >= 0.6 is 0 Å². The number of Topliss-reactive ketones (excluding diaryl/α,β-unsaturated/α-hetero) is 1. The van der Waals surface area contributed by atoms with Gasteiger partial charge in [0.25, 0.3) is 5.60 Å². The maximum Gasteiger partial charge on any atom is 0.358 e. The molecule has 19 heavy (non-hydrogen) atoms. The Kier molecular flexibility index (Phi) is 3.22. The van der Waals surface area contributed by atoms with E-state index < -0.39 is 11.6 Å². The summed E-state index contributed by atoms with van der Waals surface area (Å²) in [4.78, 5) is 24.6. The first-order valence-electron chi connectivity index (χ1n) is 5.98. The number of ketones is 1. The molecule has 5 nitrogen and oxygen atoms in total. The average molecular weight is 264 g/mol. The number of hydrogen-bond donors (Lipinski definition) is 0. The third kappa shape index (κ3) is 1.69. The van der Waals surface area contributed by atoms with E-state index in [4.69, 9.17) is 14.2 Å². The van der Waals surface area contributed by atoms with Gasteiger partial charge in [-0.25, -0.2) is 4.79 Å². The van der Waals surface area contributed by atoms with Crippen LogP contribution < -0.4 is 9.47 Å². The van der Waals surface area contributed by atoms with Gasteiger partial charge in [-0.15, -0.1) is 0 Å². The van der Waals surface area contributed by atoms with Crippen LogP contribution in [0.4, 0.5) is 0 Å². The highest BCUT2D eigenvalue weighted by atomic mass is 16.6. The Bertz CT molecular complexity index is 535. The Labute approximate surface area is 111 Å². The van der Waals surface area contributed by atoms with E-state index in [0.717, 1.165) is 0 Å². The lowest BCUT2D eigenvalue weighted by Gasteiger charge is -2.27. The molecule has 1 heterocycles. The van der Waals surface area contributed by atoms with Gasteiger partial charge in [0.2, 0.25) is 5.78 Å². The number of fused-ring (bicyclic) bond motifs is 1. The van der Waals surface area contributed by atoms with Crippen molar-refractivity contribution in [2.24, 2.45) is 5.92 Å². The van der Waals surface area contributed by atoms with Crippen molar-refractivity contribution in [1.82, 2.24) is 0 Å². The van der Waals surface area contributed by atoms with E-state index in [1.165, 1.54) is 14.2 Å². The van der Waals surface area contributed by atoms with Gasteiger partial charge in [0.1, 0.15) is 0 Å². The fraction of sp³-hybridized carbons (Fsp3) is 0.429. The zero-order chi connectivity index (χ0) is 14.2. The maximum absolute atomic E-state index is 12.5. The average Bonchev–Trinajstić information content (AvgIpc) is 2.72. The number of benzene rings is 1. The molecule has 1 unspecified atom stereocenters. The summed E-state index contributed by atoms with van der Waals surface area (Å²) in [5.74, 6) is -0.704. The second kappa shape index (κ2) is 4.57. The number of para-hydroxylation sites is 1. The van der Waals surface area contributed by atoms with Gasteiger partial charge in [-0.2, -0.15) is 0 Å². The van der Waals surface area contributed by atoms with Crippen molar-refractivity contribution in [2.75, 3.05) is 14.2 Å². The van der Waals surface area contributed by atoms with Crippen molar-refractivity contribution in [3.63, 3.8) is 0 Å². The fourth-order valence-electron chi connectivity index (χ4n) is 2.27. The second-order valence-electron chi connectivity index (χ2n) is 4.65. The van der Waals surface area contributed by atoms with E-state index in [9.17, 15) is 9.59 Å². The van der Waals surface area contributed by atoms with Gasteiger partial charge in [-0.1, -0.05) is 19.9 Å². The lowest BCUT2D eigenvalue weighted by Crippen LogP contribution is -2.53. The SMILES string of the molecule is COC(=O)C1(C(C)C)Oc2c(OC)cccc2C1=O. The molecule has 5 heteroatoms. The predicted octanol–water partition coefficient (Wildman–Crippen LogP) is 1.84. The summed E-state index contributed by atoms with van der Waals surface area (Å²) in [7, 11) is 2.72. The van der Waals surface area contributed by atoms with Crippen LogP contribution in [-0.4, -0.2) is 31.6 Å². The van der Waals surface area contributed by atoms with Crippen LogP contribution in [0.3, 0.4) is 0 Å². The summed E-state index contributed by atoms with van der Waals surface area (Å²) in [6.45, 7) is 3.49. The summed E-state index contributed by atoms with van der Waals surface area (Å²) in [5, 5.41) is 0. The van der Waals surface area contributed by atoms with E-state index in [0.29, 0.717) is 17.1 Å². The summed E-state index contributed by atoms with van der Waals surface area (Å²) < 4.78 is 15.6. The van der Waals surface area contributed by atoms with Crippen LogP contribution in [0.15, 0.2) is 18.2 Å². The topological polar surface area (TPSA) is 61.8 Å². The Balaban J connectivity index is 2.60. The first kappa shape index (κ1) is 13.4. The first-order chi connectivity index (χ1) is 8.98. The molecule has 0 radical (unpaired) electrons. The standard InChI is InChI=1S/C14H16O5/c1-8(2)14(13(16)18-4)12(15)9-6-5-7-10(17-3)11(9)19-14/h5-8H,1-4H3. The molecule has 0 saturated heterocycles. The normalized spacial score (nSPS) is 21.0. The minimum atomic E-state index is -1.62. The Hall–Kier alpha value is -2.04. The lowest BCUT2D eigenvalue weighted by molar-refractivity contribution is -0.157. The minimum Gasteiger partial charge on any atom is -0.493 e. The molecule has 0 bridgehead atoms. The predicted molar refractivity (Wildman–Crippen MR) is 67.5 cm³/mol. The Morgan fingerprint density at radius 2 is 2.00 bits per heavy atom. The van der Waals surface area contributed by atoms with Crippen LogP contribution in [0.5, 0.6) is 11.5 Å². The molecule has 1 atom stereocenters. The van der Waals surface area contributed by atoms with Gasteiger partial charge in [0, 0.05) is 5.92 Å². The van der Waals surface area contributed by atoms with Gasteiger partial charge >= 0.3 is 5.97 Å². The fourth-order valence-corrected chi connectivity index (χ4v) is 2.27. The highest BCUT2D eigenvalue weighted by molar-refractivity contribution is 6.19. The summed E-state index contributed by atoms with van der Waals surface area (Å²) in [5.41, 5.74) is -1.27. The number of hydrogen-bond acceptors (Lipinski definition) is 5. The number of esters is 1. The van der Waals surface area contributed by atoms with E-state index in [1.54, 1.807) is 32.0 Å². The molecule has 0 spiro atoms. The van der Waals surface area contributed by atoms with Crippen molar-refractivity contribution in [3.05, 3.63) is 23.8 Å². The minimum absolute atomic E-state index is 0.300. The van der Waals surface area contributed by atoms with Gasteiger partial charge < -0.3 is 14.2 Å². The highest BCUT2D eigenvalue weighted by Crippen LogP contribution is 2.45. The molecule has 0 aliphatic carbocycles. The third-order valence-corrected chi connectivity index (χ3v) is 3.35. The molecule has 1 aliphatic heterocycles. The van der Waals surface area contributed by atoms with Gasteiger partial charge in [-0.05, 0) is 12.1 Å². The van der Waals surface area contributed by atoms with Crippen molar-refractivity contribution in [1.29, 1.82) is 0 Å². The van der Waals surface area contributed by atoms with Gasteiger partial charge in [0.05, 0.1) is 19.8 Å². The number of ether oxygens (including phenoxy) is 3. The first-order valence-corrected chi connectivity index (χ1v) is 5.98. The molecule has 1 aromatic rings. The largest absolute Gasteiger partial charge is 0.493 e. The second-order valence-corrected chi connectivity index (χ2v) is 4.65. The zero-order valence-electron chi connectivity index (χ0n) is 11.4. The highest BCUT2D eigenvalue weighted by Gasteiger charge is 2.58. The quantitative estimate of drug-likeness (QED) is 0.615. The van der Waals surface area contributed by atoms with Crippen molar-refractivity contribution >= 4 is 11.8 Å². The molecule has 1 aliphatic rings. The van der Waals surface area contributed by atoms with Crippen molar-refractivity contribution in [3.8, 4) is 11.5 Å². The Morgan fingerprint density at radius 3 is 2.53 bits per heavy atom. The van der Waals surface area contributed by atoms with Crippen LogP contribution in [0.1, 0.15) is 24.2 Å². The van der Waals surface area contributed by atoms with E-state index >= 15 is 0 Å². The van der Waals surface area contributed by atoms with Gasteiger partial charge in [0.15, 0.2) is 11.5 Å². The summed E-state index contributed by atoms with van der Waals surface area (Å²) in [6.07, 6.45) is 0. The summed E-state index contributed by atoms with van der Waals surface area (Å²) >= 11 is 0. The molecule has 0 N–H and O–H groups in total. The number of methoxy groups -OCH3 is 2. The summed E-state index contributed by atoms with van der Waals surface area (Å²) in [6, 6.07) is 4.99. The molecule has 0 fully saturated rings. The monoisotopic (exact) mass is 264 g/mol. The van der Waals surface area contributed by atoms with E-state index in [1.807, 2.05) is 0 Å². The van der Waals surface area contributed by atoms with Crippen LogP contribution in [0.25, 0.3) is 0 Å². The zero-order valence-corrected chi connectivity index (χ0v) is 11.4. The molecule has 2 rings (SSSR count). The third-order valence-electron chi connectivity index (χ3n) is 3.35. The smallest absolute Gasteiger partial charge is 0.358 e. The Morgan fingerprint density at radius 1 is 1.32 bits per heavy atom. The molecule has 0 saturated carbocycles. The molecule has 0 aromatic heterocycles. The molecular formula is C14H16O5. The van der Waals surface area contributed by atoms with Crippen LogP contribution in [0, 0.1) is 5.92 Å². The van der Waals surface area contributed by atoms with E-state index in [-0.39, 0.29) is 11.7 Å². The number of rotatable bonds is 3. The van der Waals surface area contributed by atoms with Crippen LogP contribution in [-0.2, 0) is 9.53 Å².